The third-order valence-corrected chi connectivity index (χ3v) is 4.91. The van der Waals surface area contributed by atoms with Gasteiger partial charge in [-0.15, -0.1) is 0 Å². The van der Waals surface area contributed by atoms with Gasteiger partial charge in [0.25, 0.3) is 0 Å². The van der Waals surface area contributed by atoms with Crippen LogP contribution in [0.5, 0.6) is 0 Å². The highest BCUT2D eigenvalue weighted by molar-refractivity contribution is 6.31. The number of hydrogen-bond donors (Lipinski definition) is 1. The van der Waals surface area contributed by atoms with Gasteiger partial charge < -0.3 is 9.88 Å². The lowest BCUT2D eigenvalue weighted by Gasteiger charge is -2.34. The van der Waals surface area contributed by atoms with Gasteiger partial charge in [0.1, 0.15) is 5.82 Å². The topological polar surface area (TPSA) is 29.9 Å². The Balaban J connectivity index is 1.91. The van der Waals surface area contributed by atoms with Gasteiger partial charge >= 0.3 is 0 Å². The van der Waals surface area contributed by atoms with Gasteiger partial charge in [0, 0.05) is 11.1 Å². The van der Waals surface area contributed by atoms with Crippen LogP contribution in [-0.2, 0) is 5.54 Å². The minimum atomic E-state index is 0.00629. The predicted molar refractivity (Wildman–Crippen MR) is 82.2 cm³/mol. The number of hydrogen-bond acceptors (Lipinski definition) is 2. The molecule has 1 aromatic heterocycles. The quantitative estimate of drug-likeness (QED) is 0.905. The molecule has 2 aliphatic rings. The molecular formula is C16H20ClN3. The van der Waals surface area contributed by atoms with Crippen molar-refractivity contribution < 1.29 is 0 Å². The third kappa shape index (κ3) is 1.95. The van der Waals surface area contributed by atoms with E-state index >= 15 is 0 Å². The minimum Gasteiger partial charge on any atom is -0.323 e. The highest BCUT2D eigenvalue weighted by Crippen LogP contribution is 2.42. The fraction of sp³-hybridized carbons (Fsp3) is 0.562. The van der Waals surface area contributed by atoms with Gasteiger partial charge in [-0.05, 0) is 63.8 Å². The smallest absolute Gasteiger partial charge is 0.130 e. The van der Waals surface area contributed by atoms with Crippen molar-refractivity contribution >= 4 is 22.6 Å². The Morgan fingerprint density at radius 2 is 2.20 bits per heavy atom. The Morgan fingerprint density at radius 3 is 2.90 bits per heavy atom. The molecule has 2 aromatic rings. The molecule has 106 valence electrons. The maximum Gasteiger partial charge on any atom is 0.130 e. The molecule has 20 heavy (non-hydrogen) atoms. The summed E-state index contributed by atoms with van der Waals surface area (Å²) in [6.07, 6.45) is 6.26. The number of benzene rings is 1. The highest BCUT2D eigenvalue weighted by atomic mass is 35.5. The summed E-state index contributed by atoms with van der Waals surface area (Å²) in [4.78, 5) is 4.95. The van der Waals surface area contributed by atoms with E-state index in [1.807, 2.05) is 12.1 Å². The molecule has 4 heteroatoms. The minimum absolute atomic E-state index is 0.00629. The van der Waals surface area contributed by atoms with Crippen molar-refractivity contribution in [2.24, 2.45) is 0 Å². The molecule has 0 bridgehead atoms. The lowest BCUT2D eigenvalue weighted by molar-refractivity contribution is 0.261. The molecule has 1 aromatic carbocycles. The predicted octanol–water partition coefficient (Wildman–Crippen LogP) is 4.01. The third-order valence-electron chi connectivity index (χ3n) is 4.68. The summed E-state index contributed by atoms with van der Waals surface area (Å²) >= 11 is 6.13. The van der Waals surface area contributed by atoms with Gasteiger partial charge in [0.05, 0.1) is 16.6 Å². The number of halogens is 1. The van der Waals surface area contributed by atoms with Gasteiger partial charge in [0.15, 0.2) is 0 Å². The van der Waals surface area contributed by atoms with E-state index in [9.17, 15) is 0 Å². The van der Waals surface area contributed by atoms with Crippen LogP contribution in [0.15, 0.2) is 18.2 Å². The summed E-state index contributed by atoms with van der Waals surface area (Å²) in [5.74, 6) is 1.21. The molecule has 1 N–H and O–H groups in total. The molecule has 0 amide bonds. The summed E-state index contributed by atoms with van der Waals surface area (Å²) in [6, 6.07) is 6.73. The highest BCUT2D eigenvalue weighted by Gasteiger charge is 2.37. The van der Waals surface area contributed by atoms with Gasteiger partial charge in [0.2, 0.25) is 0 Å². The van der Waals surface area contributed by atoms with Crippen LogP contribution < -0.4 is 5.32 Å². The number of aromatic nitrogens is 2. The van der Waals surface area contributed by atoms with Crippen molar-refractivity contribution in [1.82, 2.24) is 14.9 Å². The molecule has 4 rings (SSSR count). The van der Waals surface area contributed by atoms with Crippen LogP contribution in [-0.4, -0.2) is 16.1 Å². The summed E-state index contributed by atoms with van der Waals surface area (Å²) in [7, 11) is 0. The van der Waals surface area contributed by atoms with Crippen LogP contribution in [0.1, 0.15) is 50.9 Å². The first kappa shape index (κ1) is 12.7. The molecule has 0 spiro atoms. The molecule has 1 saturated carbocycles. The maximum atomic E-state index is 6.13. The van der Waals surface area contributed by atoms with Crippen LogP contribution in [0, 0.1) is 0 Å². The summed E-state index contributed by atoms with van der Waals surface area (Å²) < 4.78 is 2.46. The average Bonchev–Trinajstić information content (AvgIpc) is 3.20. The van der Waals surface area contributed by atoms with Gasteiger partial charge in [-0.3, -0.25) is 0 Å². The molecule has 1 atom stereocenters. The molecule has 2 heterocycles. The van der Waals surface area contributed by atoms with Crippen molar-refractivity contribution in [3.8, 4) is 0 Å². The van der Waals surface area contributed by atoms with E-state index in [1.165, 1.54) is 37.0 Å². The number of piperidine rings is 1. The SMILES string of the molecule is CC1(c2nc3cc(Cl)ccc3n2C2CC2)CCCCN1. The molecule has 1 unspecified atom stereocenters. The van der Waals surface area contributed by atoms with Gasteiger partial charge in [-0.1, -0.05) is 11.6 Å². The second kappa shape index (κ2) is 4.47. The fourth-order valence-electron chi connectivity index (χ4n) is 3.41. The molecule has 1 aliphatic carbocycles. The lowest BCUT2D eigenvalue weighted by Crippen LogP contribution is -2.45. The van der Waals surface area contributed by atoms with Crippen LogP contribution in [0.3, 0.4) is 0 Å². The number of rotatable bonds is 2. The van der Waals surface area contributed by atoms with Crippen LogP contribution in [0.2, 0.25) is 5.02 Å². The molecule has 1 saturated heterocycles. The van der Waals surface area contributed by atoms with Crippen LogP contribution >= 0.6 is 11.6 Å². The molecule has 2 fully saturated rings. The Morgan fingerprint density at radius 1 is 1.35 bits per heavy atom. The van der Waals surface area contributed by atoms with Crippen molar-refractivity contribution in [3.05, 3.63) is 29.0 Å². The second-order valence-corrected chi connectivity index (χ2v) is 6.82. The maximum absolute atomic E-state index is 6.13. The first-order chi connectivity index (χ1) is 9.67. The van der Waals surface area contributed by atoms with E-state index in [2.05, 4.69) is 22.9 Å². The number of imidazole rings is 1. The fourth-order valence-corrected chi connectivity index (χ4v) is 3.58. The Kier molecular flexibility index (Phi) is 2.83. The second-order valence-electron chi connectivity index (χ2n) is 6.39. The van der Waals surface area contributed by atoms with Crippen molar-refractivity contribution in [3.63, 3.8) is 0 Å². The van der Waals surface area contributed by atoms with Gasteiger partial charge in [-0.25, -0.2) is 4.98 Å². The largest absolute Gasteiger partial charge is 0.323 e. The molecule has 3 nitrogen and oxygen atoms in total. The monoisotopic (exact) mass is 289 g/mol. The van der Waals surface area contributed by atoms with Crippen LogP contribution in [0.4, 0.5) is 0 Å². The first-order valence-electron chi connectivity index (χ1n) is 7.60. The van der Waals surface area contributed by atoms with Crippen molar-refractivity contribution in [1.29, 1.82) is 0 Å². The summed E-state index contributed by atoms with van der Waals surface area (Å²) in [6.45, 7) is 3.39. The number of nitrogens with zero attached hydrogens (tertiary/aromatic N) is 2. The summed E-state index contributed by atoms with van der Waals surface area (Å²) in [5, 5.41) is 4.46. The number of nitrogens with one attached hydrogen (secondary N) is 1. The van der Waals surface area contributed by atoms with Crippen molar-refractivity contribution in [2.45, 2.75) is 50.6 Å². The number of fused-ring (bicyclic) bond motifs is 1. The van der Waals surface area contributed by atoms with E-state index in [-0.39, 0.29) is 5.54 Å². The zero-order chi connectivity index (χ0) is 13.7. The Hall–Kier alpha value is -1.06. The average molecular weight is 290 g/mol. The van der Waals surface area contributed by atoms with E-state index in [4.69, 9.17) is 16.6 Å². The Bertz CT molecular complexity index is 651. The summed E-state index contributed by atoms with van der Waals surface area (Å²) in [5.41, 5.74) is 2.28. The van der Waals surface area contributed by atoms with Gasteiger partial charge in [-0.2, -0.15) is 0 Å². The lowest BCUT2D eigenvalue weighted by atomic mass is 9.90. The van der Waals surface area contributed by atoms with E-state index in [0.29, 0.717) is 6.04 Å². The van der Waals surface area contributed by atoms with E-state index < -0.39 is 0 Å². The van der Waals surface area contributed by atoms with E-state index in [0.717, 1.165) is 23.5 Å². The normalized spacial score (nSPS) is 27.1. The van der Waals surface area contributed by atoms with E-state index in [1.54, 1.807) is 0 Å². The molecular weight excluding hydrogens is 270 g/mol. The Labute approximate surface area is 124 Å². The first-order valence-corrected chi connectivity index (χ1v) is 7.98. The zero-order valence-electron chi connectivity index (χ0n) is 11.8. The van der Waals surface area contributed by atoms with Crippen molar-refractivity contribution in [2.75, 3.05) is 6.54 Å². The zero-order valence-corrected chi connectivity index (χ0v) is 12.6. The van der Waals surface area contributed by atoms with Crippen LogP contribution in [0.25, 0.3) is 11.0 Å². The molecule has 1 aliphatic heterocycles. The molecule has 0 radical (unpaired) electrons. The standard InChI is InChI=1S/C16H20ClN3/c1-16(8-2-3-9-18-16)15-19-13-10-11(17)4-7-14(13)20(15)12-5-6-12/h4,7,10,12,18H,2-3,5-6,8-9H2,1H3.